The van der Waals surface area contributed by atoms with Gasteiger partial charge in [0.1, 0.15) is 0 Å². The van der Waals surface area contributed by atoms with Gasteiger partial charge >= 0.3 is 5.97 Å². The van der Waals surface area contributed by atoms with Crippen LogP contribution in [0.25, 0.3) is 0 Å². The van der Waals surface area contributed by atoms with E-state index >= 15 is 0 Å². The van der Waals surface area contributed by atoms with Gasteiger partial charge in [0.25, 0.3) is 0 Å². The number of methoxy groups -OCH3 is 1. The van der Waals surface area contributed by atoms with Gasteiger partial charge in [-0.2, -0.15) is 0 Å². The van der Waals surface area contributed by atoms with Crippen LogP contribution in [0.3, 0.4) is 0 Å². The van der Waals surface area contributed by atoms with Gasteiger partial charge in [0, 0.05) is 0 Å². The number of ether oxygens (including phenoxy) is 1. The second-order valence-corrected chi connectivity index (χ2v) is 3.10. The Kier molecular flexibility index (Phi) is 4.33. The smallest absolute Gasteiger partial charge is 0.308 e. The lowest BCUT2D eigenvalue weighted by atomic mass is 10.0. The van der Waals surface area contributed by atoms with Gasteiger partial charge in [-0.25, -0.2) is 0 Å². The van der Waals surface area contributed by atoms with Crippen LogP contribution in [0.1, 0.15) is 20.3 Å². The summed E-state index contributed by atoms with van der Waals surface area (Å²) in [7, 11) is 2.59. The Bertz CT molecular complexity index is 193. The molecule has 0 atom stereocenters. The molecule has 0 aliphatic rings. The molecule has 0 saturated carbocycles. The lowest BCUT2D eigenvalue weighted by Crippen LogP contribution is -2.41. The van der Waals surface area contributed by atoms with Gasteiger partial charge in [-0.05, 0) is 13.8 Å². The zero-order chi connectivity index (χ0) is 10.5. The monoisotopic (exact) mass is 190 g/mol. The van der Waals surface area contributed by atoms with Crippen molar-refractivity contribution in [3.05, 3.63) is 4.91 Å². The fraction of sp³-hybridized carbons (Fsp3) is 0.857. The maximum absolute atomic E-state index is 10.9. The zero-order valence-corrected chi connectivity index (χ0v) is 8.23. The minimum atomic E-state index is -0.802. The van der Waals surface area contributed by atoms with E-state index in [1.165, 1.54) is 14.2 Å². The Morgan fingerprint density at radius 3 is 2.31 bits per heavy atom. The molecule has 6 heteroatoms. The highest BCUT2D eigenvalue weighted by atomic mass is 16.7. The molecule has 0 rings (SSSR count). The fourth-order valence-electron chi connectivity index (χ4n) is 0.884. The summed E-state index contributed by atoms with van der Waals surface area (Å²) in [5, 5.41) is 3.44. The van der Waals surface area contributed by atoms with Gasteiger partial charge in [0.2, 0.25) is 0 Å². The molecule has 0 aliphatic carbocycles. The van der Waals surface area contributed by atoms with E-state index in [1.807, 2.05) is 0 Å². The highest BCUT2D eigenvalue weighted by Gasteiger charge is 2.31. The van der Waals surface area contributed by atoms with Crippen LogP contribution in [0.15, 0.2) is 5.29 Å². The minimum Gasteiger partial charge on any atom is -0.469 e. The number of carbonyl (C=O) groups excluding carboxylic acids is 1. The number of nitrogens with zero attached hydrogens (tertiary/aromatic N) is 2. The van der Waals surface area contributed by atoms with E-state index in [9.17, 15) is 9.70 Å². The summed E-state index contributed by atoms with van der Waals surface area (Å²) in [6, 6.07) is 0. The summed E-state index contributed by atoms with van der Waals surface area (Å²) in [6.45, 7) is 3.30. The third kappa shape index (κ3) is 3.37. The molecule has 0 heterocycles. The van der Waals surface area contributed by atoms with Crippen LogP contribution in [0.4, 0.5) is 0 Å². The summed E-state index contributed by atoms with van der Waals surface area (Å²) in [5.74, 6) is -0.421. The van der Waals surface area contributed by atoms with Crippen molar-refractivity contribution in [3.8, 4) is 0 Å². The van der Waals surface area contributed by atoms with Crippen molar-refractivity contribution in [2.75, 3.05) is 14.2 Å². The molecular weight excluding hydrogens is 176 g/mol. The number of esters is 1. The van der Waals surface area contributed by atoms with E-state index in [4.69, 9.17) is 0 Å². The Morgan fingerprint density at radius 2 is 2.00 bits per heavy atom. The van der Waals surface area contributed by atoms with Gasteiger partial charge in [0.05, 0.1) is 31.5 Å². The first-order chi connectivity index (χ1) is 5.97. The Hall–Kier alpha value is -1.17. The Labute approximate surface area is 76.7 Å². The van der Waals surface area contributed by atoms with E-state index in [0.29, 0.717) is 0 Å². The molecule has 0 saturated heterocycles. The Balaban J connectivity index is 4.35. The molecule has 0 fully saturated rings. The number of hydroxylamine groups is 1. The van der Waals surface area contributed by atoms with Gasteiger partial charge < -0.3 is 4.74 Å². The van der Waals surface area contributed by atoms with Crippen LogP contribution in [0.2, 0.25) is 0 Å². The number of hydrogen-bond acceptors (Lipinski definition) is 5. The maximum atomic E-state index is 10.9. The second-order valence-electron chi connectivity index (χ2n) is 3.10. The fourth-order valence-corrected chi connectivity index (χ4v) is 0.884. The first-order valence-electron chi connectivity index (χ1n) is 3.72. The van der Waals surface area contributed by atoms with Crippen molar-refractivity contribution in [1.29, 1.82) is 0 Å². The van der Waals surface area contributed by atoms with Crippen LogP contribution in [0.5, 0.6) is 0 Å². The van der Waals surface area contributed by atoms with Gasteiger partial charge in [-0.15, -0.1) is 10.1 Å². The molecule has 0 aromatic rings. The zero-order valence-electron chi connectivity index (χ0n) is 8.23. The van der Waals surface area contributed by atoms with E-state index < -0.39 is 11.5 Å². The quantitative estimate of drug-likeness (QED) is 0.365. The van der Waals surface area contributed by atoms with Crippen molar-refractivity contribution in [3.63, 3.8) is 0 Å². The molecule has 0 N–H and O–H groups in total. The lowest BCUT2D eigenvalue weighted by Gasteiger charge is -2.29. The van der Waals surface area contributed by atoms with Crippen LogP contribution >= 0.6 is 0 Å². The molecule has 13 heavy (non-hydrogen) atoms. The predicted molar refractivity (Wildman–Crippen MR) is 45.4 cm³/mol. The molecule has 0 aromatic carbocycles. The topological polar surface area (TPSA) is 68.2 Å². The molecule has 0 unspecified atom stereocenters. The van der Waals surface area contributed by atoms with Crippen molar-refractivity contribution < 1.29 is 14.4 Å². The third-order valence-electron chi connectivity index (χ3n) is 1.57. The van der Waals surface area contributed by atoms with Crippen LogP contribution in [0, 0.1) is 4.91 Å². The van der Waals surface area contributed by atoms with Crippen LogP contribution < -0.4 is 0 Å². The average molecular weight is 190 g/mol. The van der Waals surface area contributed by atoms with E-state index in [1.54, 1.807) is 13.8 Å². The molecule has 0 spiro atoms. The summed E-state index contributed by atoms with van der Waals surface area (Å²) >= 11 is 0. The third-order valence-corrected chi connectivity index (χ3v) is 1.57. The standard InChI is InChI=1S/C7H14N2O4/c1-7(2,5-6(10)12-3)9(8-11)13-4/h5H2,1-4H3. The lowest BCUT2D eigenvalue weighted by molar-refractivity contribution is -0.200. The molecule has 0 bridgehead atoms. The predicted octanol–water partition coefficient (Wildman–Crippen LogP) is 0.873. The van der Waals surface area contributed by atoms with E-state index in [0.717, 1.165) is 5.17 Å². The van der Waals surface area contributed by atoms with Crippen molar-refractivity contribution >= 4 is 5.97 Å². The number of carbonyl (C=O) groups is 1. The van der Waals surface area contributed by atoms with Crippen molar-refractivity contribution in [2.24, 2.45) is 5.29 Å². The van der Waals surface area contributed by atoms with E-state index in [-0.39, 0.29) is 6.42 Å². The molecule has 76 valence electrons. The summed E-state index contributed by atoms with van der Waals surface area (Å²) in [6.07, 6.45) is 0.0308. The molecule has 0 amide bonds. The largest absolute Gasteiger partial charge is 0.469 e. The Morgan fingerprint density at radius 1 is 1.46 bits per heavy atom. The highest BCUT2D eigenvalue weighted by molar-refractivity contribution is 5.70. The molecule has 0 aromatic heterocycles. The molecule has 0 aliphatic heterocycles. The summed E-state index contributed by atoms with van der Waals surface area (Å²) in [5.41, 5.74) is -0.802. The number of nitroso groups, excluding NO2 is 1. The summed E-state index contributed by atoms with van der Waals surface area (Å²) in [4.78, 5) is 25.8. The SMILES string of the molecule is COC(=O)CC(C)(C)N(N=O)OC. The minimum absolute atomic E-state index is 0.0308. The highest BCUT2D eigenvalue weighted by Crippen LogP contribution is 2.19. The molecule has 6 nitrogen and oxygen atoms in total. The second kappa shape index (κ2) is 4.76. The van der Waals surface area contributed by atoms with Gasteiger partial charge in [-0.1, -0.05) is 0 Å². The van der Waals surface area contributed by atoms with Crippen LogP contribution in [-0.4, -0.2) is 30.9 Å². The average Bonchev–Trinajstić information content (AvgIpc) is 2.05. The number of rotatable bonds is 5. The number of hydrogen-bond donors (Lipinski definition) is 0. The van der Waals surface area contributed by atoms with Crippen molar-refractivity contribution in [2.45, 2.75) is 25.8 Å². The summed E-state index contributed by atoms with van der Waals surface area (Å²) < 4.78 is 4.46. The van der Waals surface area contributed by atoms with Gasteiger partial charge in [0.15, 0.2) is 0 Å². The first-order valence-corrected chi connectivity index (χ1v) is 3.72. The van der Waals surface area contributed by atoms with E-state index in [2.05, 4.69) is 14.9 Å². The van der Waals surface area contributed by atoms with Crippen LogP contribution in [-0.2, 0) is 14.4 Å². The normalized spacial score (nSPS) is 10.8. The molecule has 0 radical (unpaired) electrons. The first kappa shape index (κ1) is 11.8. The maximum Gasteiger partial charge on any atom is 0.308 e. The van der Waals surface area contributed by atoms with Gasteiger partial charge in [-0.3, -0.25) is 9.63 Å². The van der Waals surface area contributed by atoms with Crippen molar-refractivity contribution in [1.82, 2.24) is 5.17 Å². The molecular formula is C7H14N2O4.